The molecular formula is C18H11F3N2OS. The normalized spacial score (nSPS) is 10.7. The average molecular weight is 360 g/mol. The van der Waals surface area contributed by atoms with Gasteiger partial charge in [-0.2, -0.15) is 0 Å². The Hall–Kier alpha value is -2.67. The van der Waals surface area contributed by atoms with Gasteiger partial charge in [-0.1, -0.05) is 11.8 Å². The molecular weight excluding hydrogens is 349 g/mol. The highest BCUT2D eigenvalue weighted by molar-refractivity contribution is 7.99. The van der Waals surface area contributed by atoms with E-state index < -0.39 is 17.4 Å². The third-order valence-corrected chi connectivity index (χ3v) is 4.20. The van der Waals surface area contributed by atoms with Crippen LogP contribution in [0.3, 0.4) is 0 Å². The SMILES string of the molecule is O=C(CSc1nccc(-c2ccc(F)cc2)n1)c1ccc(F)cc1F. The van der Waals surface area contributed by atoms with Crippen LogP contribution in [-0.4, -0.2) is 21.5 Å². The van der Waals surface area contributed by atoms with E-state index in [1.165, 1.54) is 18.3 Å². The van der Waals surface area contributed by atoms with Gasteiger partial charge in [-0.3, -0.25) is 4.79 Å². The zero-order valence-corrected chi connectivity index (χ0v) is 13.6. The van der Waals surface area contributed by atoms with Gasteiger partial charge in [0.05, 0.1) is 17.0 Å². The number of nitrogens with zero attached hydrogens (tertiary/aromatic N) is 2. The van der Waals surface area contributed by atoms with E-state index in [4.69, 9.17) is 0 Å². The molecule has 0 spiro atoms. The van der Waals surface area contributed by atoms with E-state index in [0.717, 1.165) is 23.9 Å². The molecule has 3 nitrogen and oxygen atoms in total. The Kier molecular flexibility index (Phi) is 5.14. The second kappa shape index (κ2) is 7.48. The smallest absolute Gasteiger partial charge is 0.188 e. The summed E-state index contributed by atoms with van der Waals surface area (Å²) in [5.74, 6) is -2.56. The lowest BCUT2D eigenvalue weighted by molar-refractivity contribution is 0.101. The number of thioether (sulfide) groups is 1. The second-order valence-corrected chi connectivity index (χ2v) is 6.01. The van der Waals surface area contributed by atoms with E-state index >= 15 is 0 Å². The summed E-state index contributed by atoms with van der Waals surface area (Å²) in [6.07, 6.45) is 1.52. The quantitative estimate of drug-likeness (QED) is 0.381. The van der Waals surface area contributed by atoms with E-state index in [1.807, 2.05) is 0 Å². The van der Waals surface area contributed by atoms with Crippen LogP contribution in [0.5, 0.6) is 0 Å². The fraction of sp³-hybridized carbons (Fsp3) is 0.0556. The summed E-state index contributed by atoms with van der Waals surface area (Å²) in [7, 11) is 0. The minimum Gasteiger partial charge on any atom is -0.293 e. The molecule has 0 bridgehead atoms. The summed E-state index contributed by atoms with van der Waals surface area (Å²) in [4.78, 5) is 20.4. The van der Waals surface area contributed by atoms with E-state index in [-0.39, 0.29) is 17.1 Å². The molecule has 0 fully saturated rings. The van der Waals surface area contributed by atoms with Gasteiger partial charge < -0.3 is 0 Å². The van der Waals surface area contributed by atoms with Crippen LogP contribution < -0.4 is 0 Å². The summed E-state index contributed by atoms with van der Waals surface area (Å²) < 4.78 is 39.5. The first kappa shape index (κ1) is 17.2. The van der Waals surface area contributed by atoms with Crippen molar-refractivity contribution >= 4 is 17.5 Å². The maximum Gasteiger partial charge on any atom is 0.188 e. The number of Topliss-reactive ketones (excluding diaryl/α,β-unsaturated/α-hetero) is 1. The molecule has 25 heavy (non-hydrogen) atoms. The van der Waals surface area contributed by atoms with Crippen molar-refractivity contribution in [2.24, 2.45) is 0 Å². The highest BCUT2D eigenvalue weighted by Crippen LogP contribution is 2.21. The molecule has 1 aromatic heterocycles. The van der Waals surface area contributed by atoms with Crippen molar-refractivity contribution in [3.8, 4) is 11.3 Å². The van der Waals surface area contributed by atoms with Crippen molar-refractivity contribution in [1.29, 1.82) is 0 Å². The maximum absolute atomic E-state index is 13.6. The maximum atomic E-state index is 13.6. The van der Waals surface area contributed by atoms with Crippen molar-refractivity contribution in [1.82, 2.24) is 9.97 Å². The number of carbonyl (C=O) groups excluding carboxylic acids is 1. The number of hydrogen-bond donors (Lipinski definition) is 0. The topological polar surface area (TPSA) is 42.9 Å². The number of hydrogen-bond acceptors (Lipinski definition) is 4. The Bertz CT molecular complexity index is 916. The summed E-state index contributed by atoms with van der Waals surface area (Å²) in [5, 5.41) is 0.331. The van der Waals surface area contributed by atoms with Gasteiger partial charge in [-0.05, 0) is 42.5 Å². The molecule has 3 rings (SSSR count). The predicted molar refractivity (Wildman–Crippen MR) is 88.8 cm³/mol. The van der Waals surface area contributed by atoms with Crippen LogP contribution >= 0.6 is 11.8 Å². The largest absolute Gasteiger partial charge is 0.293 e. The lowest BCUT2D eigenvalue weighted by Gasteiger charge is -2.05. The Morgan fingerprint density at radius 3 is 2.40 bits per heavy atom. The van der Waals surface area contributed by atoms with Gasteiger partial charge in [0.25, 0.3) is 0 Å². The molecule has 0 N–H and O–H groups in total. The molecule has 126 valence electrons. The van der Waals surface area contributed by atoms with Crippen molar-refractivity contribution in [3.05, 3.63) is 77.7 Å². The average Bonchev–Trinajstić information content (AvgIpc) is 2.60. The summed E-state index contributed by atoms with van der Waals surface area (Å²) in [6, 6.07) is 10.3. The van der Waals surface area contributed by atoms with Crippen molar-refractivity contribution in [2.45, 2.75) is 5.16 Å². The molecule has 0 aliphatic rings. The van der Waals surface area contributed by atoms with Gasteiger partial charge in [0.15, 0.2) is 10.9 Å². The summed E-state index contributed by atoms with van der Waals surface area (Å²) >= 11 is 1.04. The minimum atomic E-state index is -0.897. The van der Waals surface area contributed by atoms with Crippen LogP contribution in [0.25, 0.3) is 11.3 Å². The van der Waals surface area contributed by atoms with E-state index in [0.29, 0.717) is 22.5 Å². The molecule has 7 heteroatoms. The number of aromatic nitrogens is 2. The molecule has 0 unspecified atom stereocenters. The molecule has 0 radical (unpaired) electrons. The second-order valence-electron chi connectivity index (χ2n) is 5.07. The molecule has 3 aromatic rings. The number of carbonyl (C=O) groups is 1. The molecule has 0 saturated carbocycles. The van der Waals surface area contributed by atoms with Crippen molar-refractivity contribution in [2.75, 3.05) is 5.75 Å². The van der Waals surface area contributed by atoms with E-state index in [1.54, 1.807) is 18.2 Å². The molecule has 0 amide bonds. The first-order valence-electron chi connectivity index (χ1n) is 7.23. The van der Waals surface area contributed by atoms with Crippen LogP contribution in [0.1, 0.15) is 10.4 Å². The number of halogens is 3. The zero-order chi connectivity index (χ0) is 17.8. The number of ketones is 1. The van der Waals surface area contributed by atoms with Crippen LogP contribution in [-0.2, 0) is 0 Å². The lowest BCUT2D eigenvalue weighted by Crippen LogP contribution is -2.06. The fourth-order valence-corrected chi connectivity index (χ4v) is 2.83. The van der Waals surface area contributed by atoms with E-state index in [2.05, 4.69) is 9.97 Å². The van der Waals surface area contributed by atoms with Gasteiger partial charge in [-0.25, -0.2) is 23.1 Å². The van der Waals surface area contributed by atoms with Crippen LogP contribution in [0.2, 0.25) is 0 Å². The Morgan fingerprint density at radius 1 is 0.960 bits per heavy atom. The van der Waals surface area contributed by atoms with Gasteiger partial charge in [0.1, 0.15) is 17.5 Å². The van der Waals surface area contributed by atoms with E-state index in [9.17, 15) is 18.0 Å². The fourth-order valence-electron chi connectivity index (χ4n) is 2.12. The molecule has 0 saturated heterocycles. The molecule has 0 aliphatic heterocycles. The Morgan fingerprint density at radius 2 is 1.68 bits per heavy atom. The third kappa shape index (κ3) is 4.24. The molecule has 1 heterocycles. The zero-order valence-electron chi connectivity index (χ0n) is 12.7. The van der Waals surface area contributed by atoms with Crippen molar-refractivity contribution < 1.29 is 18.0 Å². The van der Waals surface area contributed by atoms with Gasteiger partial charge >= 0.3 is 0 Å². The molecule has 0 aliphatic carbocycles. The third-order valence-electron chi connectivity index (χ3n) is 3.34. The number of rotatable bonds is 5. The molecule has 0 atom stereocenters. The van der Waals surface area contributed by atoms with Gasteiger partial charge in [0, 0.05) is 17.8 Å². The lowest BCUT2D eigenvalue weighted by atomic mass is 10.1. The molecule has 2 aromatic carbocycles. The summed E-state index contributed by atoms with van der Waals surface area (Å²) in [5.41, 5.74) is 1.11. The first-order valence-corrected chi connectivity index (χ1v) is 8.21. The van der Waals surface area contributed by atoms with Gasteiger partial charge in [0.2, 0.25) is 0 Å². The first-order chi connectivity index (χ1) is 12.0. The highest BCUT2D eigenvalue weighted by atomic mass is 32.2. The summed E-state index contributed by atoms with van der Waals surface area (Å²) in [6.45, 7) is 0. The Labute approximate surface area is 145 Å². The van der Waals surface area contributed by atoms with Crippen LogP contribution in [0.15, 0.2) is 59.9 Å². The number of benzene rings is 2. The minimum absolute atomic E-state index is 0.0879. The van der Waals surface area contributed by atoms with Crippen LogP contribution in [0.4, 0.5) is 13.2 Å². The van der Waals surface area contributed by atoms with Crippen molar-refractivity contribution in [3.63, 3.8) is 0 Å². The van der Waals surface area contributed by atoms with Crippen LogP contribution in [0, 0.1) is 17.5 Å². The van der Waals surface area contributed by atoms with Gasteiger partial charge in [-0.15, -0.1) is 0 Å². The highest BCUT2D eigenvalue weighted by Gasteiger charge is 2.14. The predicted octanol–water partition coefficient (Wildman–Crippen LogP) is 4.54. The monoisotopic (exact) mass is 360 g/mol. The Balaban J connectivity index is 1.72. The standard InChI is InChI=1S/C18H11F3N2OS/c19-12-3-1-11(2-4-12)16-7-8-22-18(23-16)25-10-17(24)14-6-5-13(20)9-15(14)21/h1-9H,10H2.